The molecule has 0 atom stereocenters. The van der Waals surface area contributed by atoms with Crippen LogP contribution in [0, 0.1) is 12.7 Å². The first-order chi connectivity index (χ1) is 9.10. The maximum Gasteiger partial charge on any atom is 0.255 e. The first-order valence-electron chi connectivity index (χ1n) is 6.26. The smallest absolute Gasteiger partial charge is 0.255 e. The first-order valence-corrected chi connectivity index (χ1v) is 6.26. The summed E-state index contributed by atoms with van der Waals surface area (Å²) in [5.41, 5.74) is 2.77. The number of hydrogen-bond donors (Lipinski definition) is 1. The van der Waals surface area contributed by atoms with Crippen molar-refractivity contribution < 1.29 is 9.18 Å². The Labute approximate surface area is 112 Å². The van der Waals surface area contributed by atoms with Crippen molar-refractivity contribution in [3.63, 3.8) is 0 Å². The maximum atomic E-state index is 13.4. The van der Waals surface area contributed by atoms with Crippen molar-refractivity contribution in [2.45, 2.75) is 20.3 Å². The van der Waals surface area contributed by atoms with Crippen LogP contribution in [0.1, 0.15) is 28.4 Å². The molecule has 0 radical (unpaired) electrons. The highest BCUT2D eigenvalue weighted by atomic mass is 19.1. The Kier molecular flexibility index (Phi) is 3.95. The van der Waals surface area contributed by atoms with Gasteiger partial charge in [0.2, 0.25) is 0 Å². The van der Waals surface area contributed by atoms with Gasteiger partial charge in [0, 0.05) is 11.3 Å². The predicted octanol–water partition coefficient (Wildman–Crippen LogP) is 3.95. The van der Waals surface area contributed by atoms with E-state index in [0.29, 0.717) is 16.8 Å². The summed E-state index contributed by atoms with van der Waals surface area (Å²) < 4.78 is 13.4. The summed E-state index contributed by atoms with van der Waals surface area (Å²) in [5.74, 6) is -0.551. The molecule has 0 saturated carbocycles. The standard InChI is InChI=1S/C16H16FNO/c1-3-12-5-7-13(8-6-12)16(19)18-14-9-4-11(2)15(17)10-14/h4-10H,3H2,1-2H3,(H,18,19). The van der Waals surface area contributed by atoms with Crippen LogP contribution in [0.2, 0.25) is 0 Å². The van der Waals surface area contributed by atoms with Crippen molar-refractivity contribution in [2.75, 3.05) is 5.32 Å². The number of hydrogen-bond acceptors (Lipinski definition) is 1. The van der Waals surface area contributed by atoms with Crippen LogP contribution in [0.25, 0.3) is 0 Å². The summed E-state index contributed by atoms with van der Waals surface area (Å²) in [6.07, 6.45) is 0.936. The van der Waals surface area contributed by atoms with Gasteiger partial charge >= 0.3 is 0 Å². The highest BCUT2D eigenvalue weighted by Gasteiger charge is 2.07. The van der Waals surface area contributed by atoms with E-state index in [2.05, 4.69) is 12.2 Å². The molecule has 0 saturated heterocycles. The average Bonchev–Trinajstić information content (AvgIpc) is 2.43. The fraction of sp³-hybridized carbons (Fsp3) is 0.188. The molecular formula is C16H16FNO. The van der Waals surface area contributed by atoms with E-state index in [1.165, 1.54) is 11.6 Å². The molecule has 2 nitrogen and oxygen atoms in total. The molecule has 19 heavy (non-hydrogen) atoms. The van der Waals surface area contributed by atoms with Crippen LogP contribution < -0.4 is 5.32 Å². The molecule has 0 spiro atoms. The van der Waals surface area contributed by atoms with Crippen LogP contribution in [0.3, 0.4) is 0 Å². The number of rotatable bonds is 3. The van der Waals surface area contributed by atoms with Gasteiger partial charge in [0.25, 0.3) is 5.91 Å². The van der Waals surface area contributed by atoms with Gasteiger partial charge in [-0.15, -0.1) is 0 Å². The Morgan fingerprint density at radius 1 is 1.16 bits per heavy atom. The molecule has 0 aliphatic rings. The van der Waals surface area contributed by atoms with E-state index in [4.69, 9.17) is 0 Å². The highest BCUT2D eigenvalue weighted by Crippen LogP contribution is 2.15. The third-order valence-electron chi connectivity index (χ3n) is 3.05. The molecule has 0 fully saturated rings. The van der Waals surface area contributed by atoms with Crippen molar-refractivity contribution in [2.24, 2.45) is 0 Å². The SMILES string of the molecule is CCc1ccc(C(=O)Nc2ccc(C)c(F)c2)cc1. The minimum absolute atomic E-state index is 0.231. The van der Waals surface area contributed by atoms with E-state index >= 15 is 0 Å². The quantitative estimate of drug-likeness (QED) is 0.886. The fourth-order valence-electron chi connectivity index (χ4n) is 1.77. The van der Waals surface area contributed by atoms with E-state index in [1.54, 1.807) is 31.2 Å². The summed E-state index contributed by atoms with van der Waals surface area (Å²) in [6, 6.07) is 12.1. The topological polar surface area (TPSA) is 29.1 Å². The predicted molar refractivity (Wildman–Crippen MR) is 74.9 cm³/mol. The lowest BCUT2D eigenvalue weighted by Gasteiger charge is -2.07. The first kappa shape index (κ1) is 13.3. The van der Waals surface area contributed by atoms with Crippen molar-refractivity contribution in [3.05, 3.63) is 65.0 Å². The summed E-state index contributed by atoms with van der Waals surface area (Å²) in [6.45, 7) is 3.74. The van der Waals surface area contributed by atoms with E-state index in [1.807, 2.05) is 12.1 Å². The molecule has 2 aromatic rings. The summed E-state index contributed by atoms with van der Waals surface area (Å²) in [5, 5.41) is 2.68. The highest BCUT2D eigenvalue weighted by molar-refractivity contribution is 6.04. The molecule has 0 unspecified atom stereocenters. The number of carbonyl (C=O) groups is 1. The lowest BCUT2D eigenvalue weighted by molar-refractivity contribution is 0.102. The summed E-state index contributed by atoms with van der Waals surface area (Å²) in [4.78, 5) is 12.0. The molecule has 0 aromatic heterocycles. The molecule has 2 rings (SSSR count). The van der Waals surface area contributed by atoms with Crippen LogP contribution >= 0.6 is 0 Å². The minimum atomic E-state index is -0.320. The lowest BCUT2D eigenvalue weighted by atomic mass is 10.1. The van der Waals surface area contributed by atoms with Gasteiger partial charge in [-0.2, -0.15) is 0 Å². The Balaban J connectivity index is 2.13. The van der Waals surface area contributed by atoms with E-state index in [9.17, 15) is 9.18 Å². The third kappa shape index (κ3) is 3.19. The van der Waals surface area contributed by atoms with Crippen LogP contribution in [-0.4, -0.2) is 5.91 Å². The fourth-order valence-corrected chi connectivity index (χ4v) is 1.77. The number of benzene rings is 2. The second-order valence-electron chi connectivity index (χ2n) is 4.47. The monoisotopic (exact) mass is 257 g/mol. The van der Waals surface area contributed by atoms with Crippen LogP contribution in [0.5, 0.6) is 0 Å². The maximum absolute atomic E-state index is 13.4. The number of amides is 1. The molecular weight excluding hydrogens is 241 g/mol. The molecule has 0 heterocycles. The van der Waals surface area contributed by atoms with Crippen molar-refractivity contribution in [1.29, 1.82) is 0 Å². The molecule has 0 aliphatic heterocycles. The zero-order valence-electron chi connectivity index (χ0n) is 11.0. The number of halogens is 1. The van der Waals surface area contributed by atoms with Crippen LogP contribution in [0.4, 0.5) is 10.1 Å². The molecule has 1 N–H and O–H groups in total. The number of carbonyl (C=O) groups excluding carboxylic acids is 1. The second kappa shape index (κ2) is 5.65. The van der Waals surface area contributed by atoms with Gasteiger partial charge in [0.15, 0.2) is 0 Å². The Hall–Kier alpha value is -2.16. The molecule has 1 amide bonds. The number of anilines is 1. The molecule has 98 valence electrons. The zero-order valence-corrected chi connectivity index (χ0v) is 11.0. The molecule has 0 aliphatic carbocycles. The van der Waals surface area contributed by atoms with Crippen molar-refractivity contribution >= 4 is 11.6 Å². The molecule has 3 heteroatoms. The minimum Gasteiger partial charge on any atom is -0.322 e. The Morgan fingerprint density at radius 2 is 1.84 bits per heavy atom. The average molecular weight is 257 g/mol. The second-order valence-corrected chi connectivity index (χ2v) is 4.47. The Morgan fingerprint density at radius 3 is 2.42 bits per heavy atom. The number of aryl methyl sites for hydroxylation is 2. The largest absolute Gasteiger partial charge is 0.322 e. The van der Waals surface area contributed by atoms with Crippen molar-refractivity contribution in [1.82, 2.24) is 0 Å². The van der Waals surface area contributed by atoms with E-state index in [0.717, 1.165) is 6.42 Å². The van der Waals surface area contributed by atoms with Crippen LogP contribution in [0.15, 0.2) is 42.5 Å². The van der Waals surface area contributed by atoms with Gasteiger partial charge < -0.3 is 5.32 Å². The van der Waals surface area contributed by atoms with Gasteiger partial charge in [-0.05, 0) is 48.7 Å². The van der Waals surface area contributed by atoms with E-state index < -0.39 is 0 Å². The molecule has 2 aromatic carbocycles. The lowest BCUT2D eigenvalue weighted by Crippen LogP contribution is -2.12. The van der Waals surface area contributed by atoms with Gasteiger partial charge in [0.1, 0.15) is 5.82 Å². The third-order valence-corrected chi connectivity index (χ3v) is 3.05. The zero-order chi connectivity index (χ0) is 13.8. The molecule has 0 bridgehead atoms. The van der Waals surface area contributed by atoms with Gasteiger partial charge in [-0.25, -0.2) is 4.39 Å². The Bertz CT molecular complexity index is 590. The summed E-state index contributed by atoms with van der Waals surface area (Å²) >= 11 is 0. The normalized spacial score (nSPS) is 10.3. The van der Waals surface area contributed by atoms with Crippen LogP contribution in [-0.2, 0) is 6.42 Å². The van der Waals surface area contributed by atoms with Crippen molar-refractivity contribution in [3.8, 4) is 0 Å². The van der Waals surface area contributed by atoms with Gasteiger partial charge in [0.05, 0.1) is 0 Å². The van der Waals surface area contributed by atoms with E-state index in [-0.39, 0.29) is 11.7 Å². The van der Waals surface area contributed by atoms with Gasteiger partial charge in [-0.3, -0.25) is 4.79 Å². The van der Waals surface area contributed by atoms with Gasteiger partial charge in [-0.1, -0.05) is 25.1 Å². The number of nitrogens with one attached hydrogen (secondary N) is 1. The summed E-state index contributed by atoms with van der Waals surface area (Å²) in [7, 11) is 0.